The minimum atomic E-state index is -0.462. The second kappa shape index (κ2) is 6.77. The molecular formula is C14H16FNO2. The number of rotatable bonds is 3. The van der Waals surface area contributed by atoms with Crippen molar-refractivity contribution in [2.24, 2.45) is 0 Å². The Kier molecular flexibility index (Phi) is 5.34. The topological polar surface area (TPSA) is 40.5 Å². The van der Waals surface area contributed by atoms with E-state index in [0.717, 1.165) is 0 Å². The molecule has 1 aromatic carbocycles. The van der Waals surface area contributed by atoms with Gasteiger partial charge in [-0.3, -0.25) is 4.79 Å². The summed E-state index contributed by atoms with van der Waals surface area (Å²) in [5.74, 6) is 4.79. The Hall–Kier alpha value is -1.86. The largest absolute Gasteiger partial charge is 0.395 e. The third-order valence-corrected chi connectivity index (χ3v) is 2.49. The average Bonchev–Trinajstić information content (AvgIpc) is 2.38. The normalized spacial score (nSPS) is 9.56. The van der Waals surface area contributed by atoms with E-state index in [1.807, 2.05) is 6.92 Å². The van der Waals surface area contributed by atoms with E-state index >= 15 is 0 Å². The number of carbonyl (C=O) groups is 1. The van der Waals surface area contributed by atoms with E-state index in [2.05, 4.69) is 11.8 Å². The molecule has 1 aromatic rings. The standard InChI is InChI=1S/C14H16FNO2/c1-3-16(2)14(18)13-10-12(15)8-7-11(13)6-4-5-9-17/h7-8,10,17H,3,5,9H2,1-2H3. The van der Waals surface area contributed by atoms with Crippen molar-refractivity contribution in [2.45, 2.75) is 13.3 Å². The Labute approximate surface area is 106 Å². The van der Waals surface area contributed by atoms with E-state index in [1.165, 1.54) is 23.1 Å². The van der Waals surface area contributed by atoms with Gasteiger partial charge < -0.3 is 10.0 Å². The average molecular weight is 249 g/mol. The minimum absolute atomic E-state index is 0.0354. The van der Waals surface area contributed by atoms with Crippen LogP contribution in [0.4, 0.5) is 4.39 Å². The molecule has 0 aliphatic heterocycles. The molecule has 1 N–H and O–H groups in total. The van der Waals surface area contributed by atoms with Crippen LogP contribution >= 0.6 is 0 Å². The second-order valence-corrected chi connectivity index (χ2v) is 3.78. The lowest BCUT2D eigenvalue weighted by Gasteiger charge is -2.15. The fourth-order valence-corrected chi connectivity index (χ4v) is 1.37. The summed E-state index contributed by atoms with van der Waals surface area (Å²) in [6, 6.07) is 3.94. The number of halogens is 1. The van der Waals surface area contributed by atoms with Crippen molar-refractivity contribution < 1.29 is 14.3 Å². The van der Waals surface area contributed by atoms with E-state index in [9.17, 15) is 9.18 Å². The highest BCUT2D eigenvalue weighted by molar-refractivity contribution is 5.96. The molecule has 0 fully saturated rings. The number of hydrogen-bond acceptors (Lipinski definition) is 2. The highest BCUT2D eigenvalue weighted by Gasteiger charge is 2.14. The molecule has 0 aliphatic carbocycles. The van der Waals surface area contributed by atoms with E-state index in [-0.39, 0.29) is 18.1 Å². The summed E-state index contributed by atoms with van der Waals surface area (Å²) < 4.78 is 13.2. The van der Waals surface area contributed by atoms with Crippen LogP contribution in [0.15, 0.2) is 18.2 Å². The fraction of sp³-hybridized carbons (Fsp3) is 0.357. The SMILES string of the molecule is CCN(C)C(=O)c1cc(F)ccc1C#CCCO. The predicted octanol–water partition coefficient (Wildman–Crippen LogP) is 1.65. The summed E-state index contributed by atoms with van der Waals surface area (Å²) in [6.45, 7) is 2.35. The minimum Gasteiger partial charge on any atom is -0.395 e. The van der Waals surface area contributed by atoms with Gasteiger partial charge in [0.15, 0.2) is 0 Å². The van der Waals surface area contributed by atoms with Crippen molar-refractivity contribution >= 4 is 5.91 Å². The molecule has 18 heavy (non-hydrogen) atoms. The molecule has 3 nitrogen and oxygen atoms in total. The molecule has 0 spiro atoms. The van der Waals surface area contributed by atoms with Crippen molar-refractivity contribution in [3.05, 3.63) is 35.1 Å². The summed E-state index contributed by atoms with van der Waals surface area (Å²) in [7, 11) is 1.65. The maximum absolute atomic E-state index is 13.2. The summed E-state index contributed by atoms with van der Waals surface area (Å²) >= 11 is 0. The third kappa shape index (κ3) is 3.57. The number of aliphatic hydroxyl groups excluding tert-OH is 1. The zero-order valence-electron chi connectivity index (χ0n) is 10.5. The lowest BCUT2D eigenvalue weighted by atomic mass is 10.1. The van der Waals surface area contributed by atoms with Crippen LogP contribution in [-0.2, 0) is 0 Å². The molecule has 1 amide bonds. The van der Waals surface area contributed by atoms with Crippen molar-refractivity contribution in [1.82, 2.24) is 4.90 Å². The van der Waals surface area contributed by atoms with Crippen LogP contribution in [0.2, 0.25) is 0 Å². The smallest absolute Gasteiger partial charge is 0.254 e. The molecule has 0 radical (unpaired) electrons. The third-order valence-electron chi connectivity index (χ3n) is 2.49. The van der Waals surface area contributed by atoms with Crippen molar-refractivity contribution in [3.63, 3.8) is 0 Å². The Balaban J connectivity index is 3.12. The molecular weight excluding hydrogens is 233 g/mol. The van der Waals surface area contributed by atoms with Crippen LogP contribution in [0.1, 0.15) is 29.3 Å². The monoisotopic (exact) mass is 249 g/mol. The zero-order valence-corrected chi connectivity index (χ0v) is 10.5. The Morgan fingerprint density at radius 3 is 2.83 bits per heavy atom. The highest BCUT2D eigenvalue weighted by Crippen LogP contribution is 2.12. The van der Waals surface area contributed by atoms with Gasteiger partial charge >= 0.3 is 0 Å². The van der Waals surface area contributed by atoms with Gasteiger partial charge in [0.2, 0.25) is 0 Å². The second-order valence-electron chi connectivity index (χ2n) is 3.78. The van der Waals surface area contributed by atoms with Gasteiger partial charge in [-0.15, -0.1) is 0 Å². The molecule has 1 rings (SSSR count). The molecule has 0 aromatic heterocycles. The molecule has 0 heterocycles. The lowest BCUT2D eigenvalue weighted by Crippen LogP contribution is -2.27. The number of benzene rings is 1. The molecule has 0 saturated carbocycles. The Bertz CT molecular complexity index is 488. The molecule has 0 bridgehead atoms. The van der Waals surface area contributed by atoms with Crippen LogP contribution in [0.25, 0.3) is 0 Å². The van der Waals surface area contributed by atoms with Gasteiger partial charge in [0.1, 0.15) is 5.82 Å². The van der Waals surface area contributed by atoms with Gasteiger partial charge in [-0.2, -0.15) is 0 Å². The summed E-state index contributed by atoms with van der Waals surface area (Å²) in [5.41, 5.74) is 0.736. The Morgan fingerprint density at radius 2 is 2.22 bits per heavy atom. The molecule has 0 saturated heterocycles. The highest BCUT2D eigenvalue weighted by atomic mass is 19.1. The predicted molar refractivity (Wildman–Crippen MR) is 67.6 cm³/mol. The lowest BCUT2D eigenvalue weighted by molar-refractivity contribution is 0.0801. The van der Waals surface area contributed by atoms with E-state index in [0.29, 0.717) is 18.5 Å². The van der Waals surface area contributed by atoms with Gasteiger partial charge in [0.05, 0.1) is 12.2 Å². The van der Waals surface area contributed by atoms with Gasteiger partial charge in [-0.25, -0.2) is 4.39 Å². The van der Waals surface area contributed by atoms with E-state index in [1.54, 1.807) is 7.05 Å². The maximum atomic E-state index is 13.2. The number of hydrogen-bond donors (Lipinski definition) is 1. The van der Waals surface area contributed by atoms with Crippen molar-refractivity contribution in [3.8, 4) is 11.8 Å². The van der Waals surface area contributed by atoms with Crippen molar-refractivity contribution in [2.75, 3.05) is 20.2 Å². The summed E-state index contributed by atoms with van der Waals surface area (Å²) in [5, 5.41) is 8.66. The first-order valence-electron chi connectivity index (χ1n) is 5.75. The number of carbonyl (C=O) groups excluding carboxylic acids is 1. The molecule has 4 heteroatoms. The molecule has 0 aliphatic rings. The number of aliphatic hydroxyl groups is 1. The zero-order chi connectivity index (χ0) is 13.5. The molecule has 96 valence electrons. The van der Waals surface area contributed by atoms with Crippen LogP contribution in [0.5, 0.6) is 0 Å². The van der Waals surface area contributed by atoms with Crippen LogP contribution < -0.4 is 0 Å². The van der Waals surface area contributed by atoms with Crippen LogP contribution in [0, 0.1) is 17.7 Å². The summed E-state index contributed by atoms with van der Waals surface area (Å²) in [4.78, 5) is 13.5. The fourth-order valence-electron chi connectivity index (χ4n) is 1.37. The first kappa shape index (κ1) is 14.2. The van der Waals surface area contributed by atoms with E-state index < -0.39 is 5.82 Å². The Morgan fingerprint density at radius 1 is 1.50 bits per heavy atom. The quantitative estimate of drug-likeness (QED) is 0.827. The van der Waals surface area contributed by atoms with Gasteiger partial charge in [0, 0.05) is 25.6 Å². The number of nitrogens with zero attached hydrogens (tertiary/aromatic N) is 1. The van der Waals surface area contributed by atoms with Crippen molar-refractivity contribution in [1.29, 1.82) is 0 Å². The van der Waals surface area contributed by atoms with E-state index in [4.69, 9.17) is 5.11 Å². The van der Waals surface area contributed by atoms with Crippen LogP contribution in [0.3, 0.4) is 0 Å². The van der Waals surface area contributed by atoms with Crippen LogP contribution in [-0.4, -0.2) is 36.1 Å². The summed E-state index contributed by atoms with van der Waals surface area (Å²) in [6.07, 6.45) is 0.328. The van der Waals surface area contributed by atoms with Gasteiger partial charge in [-0.1, -0.05) is 11.8 Å². The first-order valence-corrected chi connectivity index (χ1v) is 5.75. The van der Waals surface area contributed by atoms with Gasteiger partial charge in [-0.05, 0) is 25.1 Å². The maximum Gasteiger partial charge on any atom is 0.254 e. The van der Waals surface area contributed by atoms with Gasteiger partial charge in [0.25, 0.3) is 5.91 Å². The molecule has 0 atom stereocenters. The first-order chi connectivity index (χ1) is 8.60. The molecule has 0 unspecified atom stereocenters. The number of amides is 1.